The van der Waals surface area contributed by atoms with Gasteiger partial charge in [-0.1, -0.05) is 11.6 Å². The van der Waals surface area contributed by atoms with Crippen molar-refractivity contribution in [1.82, 2.24) is 9.29 Å². The molecule has 8 nitrogen and oxygen atoms in total. The van der Waals surface area contributed by atoms with Crippen LogP contribution in [0.15, 0.2) is 41.4 Å². The molecule has 1 aromatic heterocycles. The molecule has 1 aliphatic rings. The van der Waals surface area contributed by atoms with E-state index < -0.39 is 34.3 Å². The van der Waals surface area contributed by atoms with E-state index in [0.29, 0.717) is 25.5 Å². The van der Waals surface area contributed by atoms with Gasteiger partial charge < -0.3 is 14.8 Å². The Bertz CT molecular complexity index is 1040. The molecule has 1 aromatic carbocycles. The van der Waals surface area contributed by atoms with Gasteiger partial charge in [0, 0.05) is 19.3 Å². The largest absolute Gasteiger partial charge is 0.484 e. The summed E-state index contributed by atoms with van der Waals surface area (Å²) in [4.78, 5) is 15.6. The number of amides is 1. The lowest BCUT2D eigenvalue weighted by Crippen LogP contribution is -2.40. The highest BCUT2D eigenvalue weighted by Crippen LogP contribution is 2.32. The van der Waals surface area contributed by atoms with Gasteiger partial charge in [-0.3, -0.25) is 4.79 Å². The number of rotatable bonds is 6. The summed E-state index contributed by atoms with van der Waals surface area (Å²) < 4.78 is 74.8. The van der Waals surface area contributed by atoms with Crippen LogP contribution in [0.3, 0.4) is 0 Å². The molecule has 3 rings (SSSR count). The third kappa shape index (κ3) is 5.85. The van der Waals surface area contributed by atoms with Gasteiger partial charge in [0.15, 0.2) is 12.4 Å². The number of nitrogens with zero attached hydrogens (tertiary/aromatic N) is 2. The Morgan fingerprint density at radius 3 is 2.45 bits per heavy atom. The first-order valence-corrected chi connectivity index (χ1v) is 10.7. The van der Waals surface area contributed by atoms with Crippen molar-refractivity contribution < 1.29 is 35.9 Å². The number of alkyl halides is 3. The molecule has 168 valence electrons. The van der Waals surface area contributed by atoms with Gasteiger partial charge in [-0.15, -0.1) is 0 Å². The van der Waals surface area contributed by atoms with Crippen molar-refractivity contribution in [2.75, 3.05) is 38.2 Å². The van der Waals surface area contributed by atoms with Gasteiger partial charge in [0.05, 0.1) is 28.7 Å². The summed E-state index contributed by atoms with van der Waals surface area (Å²) in [6, 6.07) is 6.14. The number of nitrogens with one attached hydrogen (secondary N) is 1. The van der Waals surface area contributed by atoms with Crippen molar-refractivity contribution in [3.8, 4) is 5.75 Å². The van der Waals surface area contributed by atoms with E-state index in [4.69, 9.17) is 21.1 Å². The van der Waals surface area contributed by atoms with Crippen molar-refractivity contribution in [2.24, 2.45) is 0 Å². The predicted molar refractivity (Wildman–Crippen MR) is 104 cm³/mol. The van der Waals surface area contributed by atoms with E-state index in [-0.39, 0.29) is 34.6 Å². The molecule has 0 aliphatic carbocycles. The number of halogens is 4. The monoisotopic (exact) mass is 479 g/mol. The normalized spacial score (nSPS) is 15.5. The molecule has 13 heteroatoms. The van der Waals surface area contributed by atoms with Crippen molar-refractivity contribution in [1.29, 1.82) is 0 Å². The van der Waals surface area contributed by atoms with Crippen LogP contribution in [0.4, 0.5) is 19.0 Å². The fourth-order valence-electron chi connectivity index (χ4n) is 2.65. The number of morpholine rings is 1. The molecule has 2 heterocycles. The third-order valence-electron chi connectivity index (χ3n) is 4.23. The van der Waals surface area contributed by atoms with Gasteiger partial charge in [-0.2, -0.15) is 17.5 Å². The van der Waals surface area contributed by atoms with Crippen LogP contribution in [0.5, 0.6) is 5.75 Å². The predicted octanol–water partition coefficient (Wildman–Crippen LogP) is 2.79. The Kier molecular flexibility index (Phi) is 7.04. The zero-order valence-corrected chi connectivity index (χ0v) is 17.4. The van der Waals surface area contributed by atoms with Crippen LogP contribution in [0.1, 0.15) is 5.56 Å². The van der Waals surface area contributed by atoms with Gasteiger partial charge in [0.1, 0.15) is 5.75 Å². The second-order valence-corrected chi connectivity index (χ2v) is 8.72. The highest BCUT2D eigenvalue weighted by Gasteiger charge is 2.31. The number of carbonyl (C=O) groups is 1. The molecule has 1 N–H and O–H groups in total. The summed E-state index contributed by atoms with van der Waals surface area (Å²) in [5, 5.41) is 1.87. The van der Waals surface area contributed by atoms with Crippen molar-refractivity contribution >= 4 is 33.3 Å². The Morgan fingerprint density at radius 1 is 1.23 bits per heavy atom. The van der Waals surface area contributed by atoms with E-state index in [9.17, 15) is 26.4 Å². The lowest BCUT2D eigenvalue weighted by Gasteiger charge is -2.26. The Labute approximate surface area is 181 Å². The highest BCUT2D eigenvalue weighted by molar-refractivity contribution is 7.89. The van der Waals surface area contributed by atoms with Crippen molar-refractivity contribution in [2.45, 2.75) is 11.1 Å². The van der Waals surface area contributed by atoms with E-state index in [2.05, 4.69) is 10.3 Å². The average molecular weight is 480 g/mol. The molecule has 1 fully saturated rings. The van der Waals surface area contributed by atoms with E-state index in [1.54, 1.807) is 0 Å². The standard InChI is InChI=1S/C18H17ClF3N3O5S/c19-15-9-12(18(20,21)22)10-23-17(15)24-16(26)11-30-13-1-3-14(4-2-13)31(27,28)25-5-7-29-8-6-25/h1-4,9-10H,5-8,11H2,(H,23,24,26). The molecule has 2 aromatic rings. The Morgan fingerprint density at radius 2 is 1.87 bits per heavy atom. The second kappa shape index (κ2) is 9.39. The number of sulfonamides is 1. The van der Waals surface area contributed by atoms with Crippen LogP contribution >= 0.6 is 11.6 Å². The van der Waals surface area contributed by atoms with E-state index >= 15 is 0 Å². The first kappa shape index (κ1) is 23.3. The molecule has 0 radical (unpaired) electrons. The topological polar surface area (TPSA) is 97.8 Å². The van der Waals surface area contributed by atoms with Crippen molar-refractivity contribution in [3.63, 3.8) is 0 Å². The summed E-state index contributed by atoms with van der Waals surface area (Å²) in [7, 11) is -3.65. The molecule has 0 saturated carbocycles. The Hall–Kier alpha value is -2.41. The van der Waals surface area contributed by atoms with Crippen LogP contribution in [-0.4, -0.2) is 56.5 Å². The average Bonchev–Trinajstić information content (AvgIpc) is 2.74. The minimum Gasteiger partial charge on any atom is -0.484 e. The number of ether oxygens (including phenoxy) is 2. The zero-order valence-electron chi connectivity index (χ0n) is 15.9. The number of aromatic nitrogens is 1. The number of pyridine rings is 1. The smallest absolute Gasteiger partial charge is 0.417 e. The minimum absolute atomic E-state index is 0.0759. The van der Waals surface area contributed by atoms with Gasteiger partial charge in [0.25, 0.3) is 5.91 Å². The number of hydrogen-bond acceptors (Lipinski definition) is 6. The maximum atomic E-state index is 12.6. The number of benzene rings is 1. The van der Waals surface area contributed by atoms with Gasteiger partial charge in [-0.05, 0) is 30.3 Å². The molecule has 0 bridgehead atoms. The first-order chi connectivity index (χ1) is 14.6. The van der Waals surface area contributed by atoms with Crippen LogP contribution in [-0.2, 0) is 25.7 Å². The fraction of sp³-hybridized carbons (Fsp3) is 0.333. The number of hydrogen-bond donors (Lipinski definition) is 1. The molecule has 0 spiro atoms. The summed E-state index contributed by atoms with van der Waals surface area (Å²) in [6.45, 7) is 0.692. The molecular formula is C18H17ClF3N3O5S. The lowest BCUT2D eigenvalue weighted by atomic mass is 10.3. The first-order valence-electron chi connectivity index (χ1n) is 8.91. The van der Waals surface area contributed by atoms with Gasteiger partial charge in [-0.25, -0.2) is 13.4 Å². The highest BCUT2D eigenvalue weighted by atomic mass is 35.5. The van der Waals surface area contributed by atoms with Crippen LogP contribution in [0, 0.1) is 0 Å². The zero-order chi connectivity index (χ0) is 22.6. The minimum atomic E-state index is -4.61. The third-order valence-corrected chi connectivity index (χ3v) is 6.43. The van der Waals surface area contributed by atoms with E-state index in [1.807, 2.05) is 0 Å². The molecule has 1 aliphatic heterocycles. The maximum absolute atomic E-state index is 12.6. The molecular weight excluding hydrogens is 463 g/mol. The Balaban J connectivity index is 1.57. The molecule has 1 amide bonds. The summed E-state index contributed by atoms with van der Waals surface area (Å²) in [6.07, 6.45) is -4.06. The summed E-state index contributed by atoms with van der Waals surface area (Å²) in [5.74, 6) is -0.725. The second-order valence-electron chi connectivity index (χ2n) is 6.38. The molecule has 0 atom stereocenters. The quantitative estimate of drug-likeness (QED) is 0.684. The van der Waals surface area contributed by atoms with Crippen LogP contribution < -0.4 is 10.1 Å². The number of anilines is 1. The van der Waals surface area contributed by atoms with Crippen molar-refractivity contribution in [3.05, 3.63) is 47.1 Å². The molecule has 31 heavy (non-hydrogen) atoms. The molecule has 0 unspecified atom stereocenters. The fourth-order valence-corrected chi connectivity index (χ4v) is 4.27. The van der Waals surface area contributed by atoms with Crippen LogP contribution in [0.25, 0.3) is 0 Å². The summed E-state index contributed by atoms with van der Waals surface area (Å²) >= 11 is 5.73. The van der Waals surface area contributed by atoms with E-state index in [1.165, 1.54) is 28.6 Å². The maximum Gasteiger partial charge on any atom is 0.417 e. The van der Waals surface area contributed by atoms with Gasteiger partial charge >= 0.3 is 6.18 Å². The lowest BCUT2D eigenvalue weighted by molar-refractivity contribution is -0.137. The van der Waals surface area contributed by atoms with Gasteiger partial charge in [0.2, 0.25) is 10.0 Å². The van der Waals surface area contributed by atoms with E-state index in [0.717, 1.165) is 0 Å². The summed E-state index contributed by atoms with van der Waals surface area (Å²) in [5.41, 5.74) is -1.04. The molecule has 1 saturated heterocycles. The number of carbonyl (C=O) groups excluding carboxylic acids is 1. The SMILES string of the molecule is O=C(COc1ccc(S(=O)(=O)N2CCOCC2)cc1)Nc1ncc(C(F)(F)F)cc1Cl. The van der Waals surface area contributed by atoms with Crippen LogP contribution in [0.2, 0.25) is 5.02 Å².